The van der Waals surface area contributed by atoms with E-state index in [-0.39, 0.29) is 6.42 Å². The maximum absolute atomic E-state index is 10.4. The molecular formula is C9H12N2O2. The van der Waals surface area contributed by atoms with Crippen LogP contribution in [0.1, 0.15) is 18.0 Å². The van der Waals surface area contributed by atoms with Gasteiger partial charge >= 0.3 is 5.97 Å². The van der Waals surface area contributed by atoms with Crippen LogP contribution < -0.4 is 11.5 Å². The number of nitrogens with two attached hydrogens (primary N) is 2. The van der Waals surface area contributed by atoms with E-state index in [1.54, 1.807) is 24.3 Å². The molecule has 0 bridgehead atoms. The first-order valence-electron chi connectivity index (χ1n) is 3.92. The van der Waals surface area contributed by atoms with Crippen molar-refractivity contribution in [2.24, 2.45) is 5.73 Å². The molecule has 1 atom stereocenters. The van der Waals surface area contributed by atoms with E-state index in [0.29, 0.717) is 5.69 Å². The van der Waals surface area contributed by atoms with E-state index in [0.717, 1.165) is 5.56 Å². The Morgan fingerprint density at radius 1 is 1.54 bits per heavy atom. The quantitative estimate of drug-likeness (QED) is 0.598. The second kappa shape index (κ2) is 3.91. The van der Waals surface area contributed by atoms with Gasteiger partial charge in [-0.2, -0.15) is 0 Å². The smallest absolute Gasteiger partial charge is 0.305 e. The molecule has 5 N–H and O–H groups in total. The van der Waals surface area contributed by atoms with Gasteiger partial charge < -0.3 is 16.6 Å². The van der Waals surface area contributed by atoms with E-state index in [1.807, 2.05) is 0 Å². The average molecular weight is 180 g/mol. The number of hydrogen-bond acceptors (Lipinski definition) is 3. The Labute approximate surface area is 76.2 Å². The van der Waals surface area contributed by atoms with Crippen LogP contribution in [0.5, 0.6) is 0 Å². The molecule has 1 aromatic carbocycles. The first-order chi connectivity index (χ1) is 6.09. The van der Waals surface area contributed by atoms with Gasteiger partial charge in [-0.05, 0) is 17.7 Å². The van der Waals surface area contributed by atoms with Gasteiger partial charge in [-0.1, -0.05) is 12.1 Å². The van der Waals surface area contributed by atoms with Crippen molar-refractivity contribution in [3.8, 4) is 0 Å². The van der Waals surface area contributed by atoms with Gasteiger partial charge in [0.15, 0.2) is 0 Å². The minimum absolute atomic E-state index is 0.0799. The summed E-state index contributed by atoms with van der Waals surface area (Å²) in [5.74, 6) is -0.907. The third-order valence-corrected chi connectivity index (χ3v) is 1.73. The number of carboxylic acids is 1. The summed E-state index contributed by atoms with van der Waals surface area (Å²) in [4.78, 5) is 10.4. The van der Waals surface area contributed by atoms with Crippen molar-refractivity contribution >= 4 is 11.7 Å². The topological polar surface area (TPSA) is 89.3 Å². The number of rotatable bonds is 3. The van der Waals surface area contributed by atoms with E-state index in [4.69, 9.17) is 16.6 Å². The number of carbonyl (C=O) groups is 1. The Morgan fingerprint density at radius 3 is 2.77 bits per heavy atom. The fraction of sp³-hybridized carbons (Fsp3) is 0.222. The number of hydrogen-bond donors (Lipinski definition) is 3. The highest BCUT2D eigenvalue weighted by molar-refractivity contribution is 5.68. The standard InChI is InChI=1S/C9H12N2O2/c10-7-3-1-2-6(4-7)8(11)5-9(12)13/h1-4,8H,5,10-11H2,(H,12,13)/t8-/m1/s1. The molecule has 0 fully saturated rings. The van der Waals surface area contributed by atoms with Crippen LogP contribution in [0.4, 0.5) is 5.69 Å². The van der Waals surface area contributed by atoms with Crippen molar-refractivity contribution < 1.29 is 9.90 Å². The van der Waals surface area contributed by atoms with E-state index in [2.05, 4.69) is 0 Å². The van der Waals surface area contributed by atoms with Gasteiger partial charge in [0.2, 0.25) is 0 Å². The summed E-state index contributed by atoms with van der Waals surface area (Å²) in [5, 5.41) is 8.50. The lowest BCUT2D eigenvalue weighted by Crippen LogP contribution is -2.15. The van der Waals surface area contributed by atoms with Gasteiger partial charge in [0.25, 0.3) is 0 Å². The van der Waals surface area contributed by atoms with E-state index >= 15 is 0 Å². The molecule has 1 rings (SSSR count). The average Bonchev–Trinajstić information content (AvgIpc) is 2.03. The molecule has 0 aliphatic carbocycles. The van der Waals surface area contributed by atoms with E-state index in [9.17, 15) is 4.79 Å². The molecule has 13 heavy (non-hydrogen) atoms. The lowest BCUT2D eigenvalue weighted by molar-refractivity contribution is -0.137. The Morgan fingerprint density at radius 2 is 2.23 bits per heavy atom. The van der Waals surface area contributed by atoms with Crippen molar-refractivity contribution in [3.05, 3.63) is 29.8 Å². The summed E-state index contributed by atoms with van der Waals surface area (Å²) in [6.45, 7) is 0. The predicted molar refractivity (Wildman–Crippen MR) is 50.0 cm³/mol. The summed E-state index contributed by atoms with van der Waals surface area (Å²) < 4.78 is 0. The van der Waals surface area contributed by atoms with Crippen molar-refractivity contribution in [2.45, 2.75) is 12.5 Å². The summed E-state index contributed by atoms with van der Waals surface area (Å²) in [6, 6.07) is 6.46. The zero-order valence-corrected chi connectivity index (χ0v) is 7.10. The Balaban J connectivity index is 2.76. The second-order valence-electron chi connectivity index (χ2n) is 2.87. The Bertz CT molecular complexity index is 312. The molecule has 0 radical (unpaired) electrons. The summed E-state index contributed by atoms with van der Waals surface area (Å²) in [5.41, 5.74) is 12.5. The van der Waals surface area contributed by atoms with Crippen molar-refractivity contribution in [1.29, 1.82) is 0 Å². The molecule has 0 unspecified atom stereocenters. The monoisotopic (exact) mass is 180 g/mol. The van der Waals surface area contributed by atoms with Crippen LogP contribution in [0.15, 0.2) is 24.3 Å². The van der Waals surface area contributed by atoms with Crippen LogP contribution >= 0.6 is 0 Å². The molecule has 0 aromatic heterocycles. The maximum Gasteiger partial charge on any atom is 0.305 e. The molecule has 4 nitrogen and oxygen atoms in total. The van der Waals surface area contributed by atoms with Crippen LogP contribution in [0.2, 0.25) is 0 Å². The number of aliphatic carboxylic acids is 1. The Hall–Kier alpha value is -1.55. The summed E-state index contributed by atoms with van der Waals surface area (Å²) >= 11 is 0. The third-order valence-electron chi connectivity index (χ3n) is 1.73. The highest BCUT2D eigenvalue weighted by Gasteiger charge is 2.09. The van der Waals surface area contributed by atoms with E-state index in [1.165, 1.54) is 0 Å². The van der Waals surface area contributed by atoms with Gasteiger partial charge in [-0.25, -0.2) is 0 Å². The van der Waals surface area contributed by atoms with Crippen LogP contribution in [0.3, 0.4) is 0 Å². The van der Waals surface area contributed by atoms with Gasteiger partial charge in [0.1, 0.15) is 0 Å². The molecular weight excluding hydrogens is 168 g/mol. The molecule has 4 heteroatoms. The summed E-state index contributed by atoms with van der Waals surface area (Å²) in [7, 11) is 0. The normalized spacial score (nSPS) is 12.4. The SMILES string of the molecule is Nc1cccc([C@H](N)CC(=O)O)c1. The molecule has 0 aliphatic heterocycles. The number of benzene rings is 1. The largest absolute Gasteiger partial charge is 0.481 e. The molecule has 0 saturated carbocycles. The van der Waals surface area contributed by atoms with Crippen LogP contribution in [0.25, 0.3) is 0 Å². The van der Waals surface area contributed by atoms with E-state index < -0.39 is 12.0 Å². The molecule has 0 saturated heterocycles. The van der Waals surface area contributed by atoms with Gasteiger partial charge in [0.05, 0.1) is 6.42 Å². The molecule has 0 aliphatic rings. The fourth-order valence-electron chi connectivity index (χ4n) is 1.10. The Kier molecular flexibility index (Phi) is 2.87. The van der Waals surface area contributed by atoms with Crippen LogP contribution in [-0.2, 0) is 4.79 Å². The predicted octanol–water partition coefficient (Wildman–Crippen LogP) is 0.743. The lowest BCUT2D eigenvalue weighted by Gasteiger charge is -2.09. The number of carboxylic acid groups (broad SMARTS) is 1. The highest BCUT2D eigenvalue weighted by atomic mass is 16.4. The van der Waals surface area contributed by atoms with Crippen molar-refractivity contribution in [3.63, 3.8) is 0 Å². The van der Waals surface area contributed by atoms with Gasteiger partial charge in [-0.15, -0.1) is 0 Å². The van der Waals surface area contributed by atoms with Crippen molar-refractivity contribution in [1.82, 2.24) is 0 Å². The minimum atomic E-state index is -0.907. The van der Waals surface area contributed by atoms with Gasteiger partial charge in [-0.3, -0.25) is 4.79 Å². The zero-order chi connectivity index (χ0) is 9.84. The van der Waals surface area contributed by atoms with Crippen molar-refractivity contribution in [2.75, 3.05) is 5.73 Å². The first kappa shape index (κ1) is 9.54. The number of nitrogen functional groups attached to an aromatic ring is 1. The fourth-order valence-corrected chi connectivity index (χ4v) is 1.10. The van der Waals surface area contributed by atoms with Crippen LogP contribution in [0, 0.1) is 0 Å². The summed E-state index contributed by atoms with van der Waals surface area (Å²) in [6.07, 6.45) is -0.0799. The molecule has 70 valence electrons. The molecule has 1 aromatic rings. The zero-order valence-electron chi connectivity index (χ0n) is 7.10. The highest BCUT2D eigenvalue weighted by Crippen LogP contribution is 2.16. The first-order valence-corrected chi connectivity index (χ1v) is 3.92. The molecule has 0 amide bonds. The van der Waals surface area contributed by atoms with Gasteiger partial charge in [0, 0.05) is 11.7 Å². The lowest BCUT2D eigenvalue weighted by atomic mass is 10.0. The third kappa shape index (κ3) is 2.76. The molecule has 0 spiro atoms. The number of anilines is 1. The second-order valence-corrected chi connectivity index (χ2v) is 2.87. The molecule has 0 heterocycles. The minimum Gasteiger partial charge on any atom is -0.481 e. The maximum atomic E-state index is 10.4. The van der Waals surface area contributed by atoms with Crippen LogP contribution in [-0.4, -0.2) is 11.1 Å².